The molecule has 4 aromatic rings. The molecule has 1 aliphatic rings. The van der Waals surface area contributed by atoms with Crippen molar-refractivity contribution in [2.45, 2.75) is 17.1 Å². The Morgan fingerprint density at radius 2 is 1.71 bits per heavy atom. The minimum absolute atomic E-state index is 0.374. The van der Waals surface area contributed by atoms with Crippen LogP contribution in [0.5, 0.6) is 17.4 Å². The maximum absolute atomic E-state index is 6.62. The lowest BCUT2D eigenvalue weighted by molar-refractivity contribution is 0.224. The first-order chi connectivity index (χ1) is 16.7. The number of thioether (sulfide) groups is 1. The summed E-state index contributed by atoms with van der Waals surface area (Å²) in [5, 5.41) is 13.2. The number of ether oxygens (including phenoxy) is 3. The second-order valence-corrected chi connectivity index (χ2v) is 8.79. The molecule has 1 aromatic heterocycles. The molecule has 1 N–H and O–H groups in total. The summed E-state index contributed by atoms with van der Waals surface area (Å²) in [6.07, 6.45) is -0.640. The summed E-state index contributed by atoms with van der Waals surface area (Å²) in [7, 11) is 3.15. The van der Waals surface area contributed by atoms with Crippen LogP contribution in [0.4, 0.5) is 5.69 Å². The smallest absolute Gasteiger partial charge is 0.247 e. The lowest BCUT2D eigenvalue weighted by atomic mass is 10.1. The molecular weight excluding hydrogens is 472 g/mol. The van der Waals surface area contributed by atoms with E-state index < -0.39 is 6.23 Å². The van der Waals surface area contributed by atoms with Gasteiger partial charge in [-0.25, -0.2) is 0 Å². The van der Waals surface area contributed by atoms with E-state index in [4.69, 9.17) is 30.8 Å². The molecule has 0 saturated carbocycles. The van der Waals surface area contributed by atoms with Crippen LogP contribution in [0.15, 0.2) is 71.9 Å². The maximum Gasteiger partial charge on any atom is 0.247 e. The number of anilines is 1. The predicted molar refractivity (Wildman–Crippen MR) is 133 cm³/mol. The van der Waals surface area contributed by atoms with E-state index in [-0.39, 0.29) is 0 Å². The van der Waals surface area contributed by atoms with Gasteiger partial charge in [0.1, 0.15) is 0 Å². The number of hydrogen-bond donors (Lipinski definition) is 1. The SMILES string of the molecule is COc1cc(Cl)c([C@@H]2Nc3ccccc3-c3nnc(SCc4ccccc4)nc3O2)cc1OC. The summed E-state index contributed by atoms with van der Waals surface area (Å²) in [5.74, 6) is 2.18. The summed E-state index contributed by atoms with van der Waals surface area (Å²) >= 11 is 8.12. The summed E-state index contributed by atoms with van der Waals surface area (Å²) in [4.78, 5) is 4.70. The number of aromatic nitrogens is 3. The van der Waals surface area contributed by atoms with Crippen LogP contribution in [0.25, 0.3) is 11.3 Å². The molecule has 0 radical (unpaired) electrons. The molecule has 1 atom stereocenters. The number of nitrogens with one attached hydrogen (secondary N) is 1. The van der Waals surface area contributed by atoms with E-state index in [2.05, 4.69) is 27.6 Å². The first-order valence-electron chi connectivity index (χ1n) is 10.5. The third-order valence-electron chi connectivity index (χ3n) is 5.33. The van der Waals surface area contributed by atoms with Gasteiger partial charge in [0.05, 0.1) is 19.2 Å². The molecule has 1 aliphatic heterocycles. The van der Waals surface area contributed by atoms with E-state index in [1.54, 1.807) is 26.4 Å². The van der Waals surface area contributed by atoms with Gasteiger partial charge >= 0.3 is 0 Å². The van der Waals surface area contributed by atoms with Gasteiger partial charge in [-0.05, 0) is 17.7 Å². The van der Waals surface area contributed by atoms with Crippen LogP contribution in [0.2, 0.25) is 5.02 Å². The molecule has 2 heterocycles. The van der Waals surface area contributed by atoms with E-state index in [9.17, 15) is 0 Å². The van der Waals surface area contributed by atoms with Gasteiger partial charge in [-0.15, -0.1) is 10.2 Å². The van der Waals surface area contributed by atoms with Gasteiger partial charge in [0, 0.05) is 28.6 Å². The van der Waals surface area contributed by atoms with Crippen molar-refractivity contribution < 1.29 is 14.2 Å². The van der Waals surface area contributed by atoms with Crippen LogP contribution in [0.3, 0.4) is 0 Å². The molecule has 0 bridgehead atoms. The summed E-state index contributed by atoms with van der Waals surface area (Å²) in [6.45, 7) is 0. The fraction of sp³-hybridized carbons (Fsp3) is 0.160. The number of halogens is 1. The van der Waals surface area contributed by atoms with Crippen LogP contribution < -0.4 is 19.5 Å². The van der Waals surface area contributed by atoms with Gasteiger partial charge in [-0.1, -0.05) is 71.9 Å². The van der Waals surface area contributed by atoms with Gasteiger partial charge in [-0.3, -0.25) is 0 Å². The highest BCUT2D eigenvalue weighted by Crippen LogP contribution is 2.43. The average molecular weight is 493 g/mol. The summed E-state index contributed by atoms with van der Waals surface area (Å²) in [6, 6.07) is 21.4. The number of benzene rings is 3. The largest absolute Gasteiger partial charge is 0.493 e. The Kier molecular flexibility index (Phi) is 6.42. The number of para-hydroxylation sites is 1. The van der Waals surface area contributed by atoms with Crippen molar-refractivity contribution in [3.63, 3.8) is 0 Å². The van der Waals surface area contributed by atoms with Crippen LogP contribution in [0.1, 0.15) is 17.4 Å². The molecule has 5 rings (SSSR count). The first kappa shape index (κ1) is 22.3. The fourth-order valence-corrected chi connectivity index (χ4v) is 4.63. The van der Waals surface area contributed by atoms with Crippen molar-refractivity contribution in [1.82, 2.24) is 15.2 Å². The highest BCUT2D eigenvalue weighted by atomic mass is 35.5. The van der Waals surface area contributed by atoms with Crippen molar-refractivity contribution in [1.29, 1.82) is 0 Å². The molecule has 3 aromatic carbocycles. The molecule has 7 nitrogen and oxygen atoms in total. The highest BCUT2D eigenvalue weighted by molar-refractivity contribution is 7.98. The standard InChI is InChI=1S/C25H21ClN4O3S/c1-31-20-12-17(18(26)13-21(20)32-2)23-27-19-11-7-6-10-16(19)22-24(33-23)28-25(30-29-22)34-14-15-8-4-3-5-9-15/h3-13,23,27H,14H2,1-2H3/t23-/m1/s1. The molecule has 34 heavy (non-hydrogen) atoms. The van der Waals surface area contributed by atoms with Crippen molar-refractivity contribution in [2.24, 2.45) is 0 Å². The number of hydrogen-bond acceptors (Lipinski definition) is 8. The lowest BCUT2D eigenvalue weighted by Gasteiger charge is -2.21. The minimum Gasteiger partial charge on any atom is -0.493 e. The third kappa shape index (κ3) is 4.47. The van der Waals surface area contributed by atoms with Crippen molar-refractivity contribution in [3.05, 3.63) is 82.9 Å². The van der Waals surface area contributed by atoms with Crippen LogP contribution in [-0.2, 0) is 5.75 Å². The fourth-order valence-electron chi connectivity index (χ4n) is 3.64. The molecule has 0 unspecified atom stereocenters. The maximum atomic E-state index is 6.62. The molecular formula is C25H21ClN4O3S. The van der Waals surface area contributed by atoms with E-state index in [0.717, 1.165) is 17.0 Å². The molecule has 0 amide bonds. The highest BCUT2D eigenvalue weighted by Gasteiger charge is 2.28. The molecule has 0 aliphatic carbocycles. The number of methoxy groups -OCH3 is 2. The monoisotopic (exact) mass is 492 g/mol. The zero-order valence-corrected chi connectivity index (χ0v) is 20.1. The molecule has 0 spiro atoms. The van der Waals surface area contributed by atoms with E-state index >= 15 is 0 Å². The quantitative estimate of drug-likeness (QED) is 0.328. The molecule has 0 fully saturated rings. The average Bonchev–Trinajstić information content (AvgIpc) is 3.04. The topological polar surface area (TPSA) is 78.4 Å². The van der Waals surface area contributed by atoms with Crippen LogP contribution in [-0.4, -0.2) is 29.4 Å². The number of rotatable bonds is 6. The summed E-state index contributed by atoms with van der Waals surface area (Å²) < 4.78 is 17.2. The Bertz CT molecular complexity index is 1320. The van der Waals surface area contributed by atoms with Crippen molar-refractivity contribution in [2.75, 3.05) is 19.5 Å². The van der Waals surface area contributed by atoms with Crippen LogP contribution >= 0.6 is 23.4 Å². The first-order valence-corrected chi connectivity index (χ1v) is 11.9. The Hall–Kier alpha value is -3.49. The predicted octanol–water partition coefficient (Wildman–Crippen LogP) is 6.00. The minimum atomic E-state index is -0.640. The van der Waals surface area contributed by atoms with Gasteiger partial charge in [0.15, 0.2) is 23.4 Å². The normalized spacial score (nSPS) is 14.1. The number of fused-ring (bicyclic) bond motifs is 3. The molecule has 0 saturated heterocycles. The van der Waals surface area contributed by atoms with Crippen LogP contribution in [0, 0.1) is 0 Å². The Morgan fingerprint density at radius 3 is 2.50 bits per heavy atom. The van der Waals surface area contributed by atoms with Crippen molar-refractivity contribution in [3.8, 4) is 28.6 Å². The second kappa shape index (κ2) is 9.79. The van der Waals surface area contributed by atoms with Gasteiger partial charge in [-0.2, -0.15) is 4.98 Å². The lowest BCUT2D eigenvalue weighted by Crippen LogP contribution is -2.18. The van der Waals surface area contributed by atoms with Crippen molar-refractivity contribution >= 4 is 29.1 Å². The van der Waals surface area contributed by atoms with Gasteiger partial charge < -0.3 is 19.5 Å². The summed E-state index contributed by atoms with van der Waals surface area (Å²) in [5.41, 5.74) is 4.09. The Morgan fingerprint density at radius 1 is 0.971 bits per heavy atom. The zero-order chi connectivity index (χ0) is 23.5. The van der Waals surface area contributed by atoms with Gasteiger partial charge in [0.25, 0.3) is 0 Å². The Balaban J connectivity index is 1.53. The Labute approximate surface area is 206 Å². The van der Waals surface area contributed by atoms with E-state index in [1.165, 1.54) is 17.3 Å². The number of nitrogens with zero attached hydrogens (tertiary/aromatic N) is 3. The second-order valence-electron chi connectivity index (χ2n) is 7.44. The van der Waals surface area contributed by atoms with Gasteiger partial charge in [0.2, 0.25) is 11.0 Å². The third-order valence-corrected chi connectivity index (χ3v) is 6.57. The van der Waals surface area contributed by atoms with E-state index in [0.29, 0.717) is 38.8 Å². The molecule has 172 valence electrons. The molecule has 9 heteroatoms. The van der Waals surface area contributed by atoms with E-state index in [1.807, 2.05) is 42.5 Å². The zero-order valence-electron chi connectivity index (χ0n) is 18.5.